The number of likely N-dealkylation sites (N-methyl/N-ethyl adjacent to an activating group) is 1. The van der Waals surface area contributed by atoms with Crippen LogP contribution in [0.25, 0.3) is 0 Å². The summed E-state index contributed by atoms with van der Waals surface area (Å²) >= 11 is 1.78. The van der Waals surface area contributed by atoms with Crippen molar-refractivity contribution in [2.45, 2.75) is 25.8 Å². The van der Waals surface area contributed by atoms with E-state index in [1.165, 1.54) is 0 Å². The van der Waals surface area contributed by atoms with E-state index in [0.717, 1.165) is 55.7 Å². The maximum absolute atomic E-state index is 11.8. The van der Waals surface area contributed by atoms with Gasteiger partial charge in [-0.25, -0.2) is 9.98 Å². The van der Waals surface area contributed by atoms with Gasteiger partial charge in [0.25, 0.3) is 0 Å². The molecule has 0 atom stereocenters. The largest absolute Gasteiger partial charge is 0.356 e. The van der Waals surface area contributed by atoms with Crippen molar-refractivity contribution in [1.29, 1.82) is 0 Å². The van der Waals surface area contributed by atoms with Crippen LogP contribution in [-0.2, 0) is 4.79 Å². The van der Waals surface area contributed by atoms with E-state index in [2.05, 4.69) is 43.9 Å². The first-order valence-corrected chi connectivity index (χ1v) is 10.8. The molecule has 1 aliphatic rings. The molecule has 1 aliphatic heterocycles. The molecule has 8 heteroatoms. The number of anilines is 1. The molecule has 1 fully saturated rings. The van der Waals surface area contributed by atoms with Gasteiger partial charge in [0.2, 0.25) is 5.91 Å². The molecule has 27 heavy (non-hydrogen) atoms. The highest BCUT2D eigenvalue weighted by molar-refractivity contribution is 7.98. The van der Waals surface area contributed by atoms with Crippen LogP contribution < -0.4 is 15.5 Å². The van der Waals surface area contributed by atoms with Crippen LogP contribution in [0.3, 0.4) is 0 Å². The second kappa shape index (κ2) is 11.0. The lowest BCUT2D eigenvalue weighted by atomic mass is 10.1. The summed E-state index contributed by atoms with van der Waals surface area (Å²) < 4.78 is 0. The van der Waals surface area contributed by atoms with Crippen molar-refractivity contribution >= 4 is 29.4 Å². The molecule has 0 saturated carbocycles. The average Bonchev–Trinajstić information content (AvgIpc) is 2.66. The van der Waals surface area contributed by atoms with Crippen LogP contribution in [0.15, 0.2) is 23.2 Å². The Hall–Kier alpha value is -1.96. The summed E-state index contributed by atoms with van der Waals surface area (Å²) in [6, 6.07) is 6.51. The summed E-state index contributed by atoms with van der Waals surface area (Å²) in [4.78, 5) is 24.8. The summed E-state index contributed by atoms with van der Waals surface area (Å²) in [5, 5.41) is 6.84. The van der Waals surface area contributed by atoms with Gasteiger partial charge >= 0.3 is 0 Å². The number of guanidine groups is 1. The van der Waals surface area contributed by atoms with Crippen molar-refractivity contribution in [3.8, 4) is 0 Å². The van der Waals surface area contributed by atoms with E-state index < -0.39 is 0 Å². The molecular formula is C19H32N6OS. The van der Waals surface area contributed by atoms with Crippen LogP contribution in [0.4, 0.5) is 5.82 Å². The Morgan fingerprint density at radius 1 is 1.37 bits per heavy atom. The number of piperidine rings is 1. The summed E-state index contributed by atoms with van der Waals surface area (Å²) in [6.07, 6.45) is 4.11. The monoisotopic (exact) mass is 392 g/mol. The molecule has 0 aromatic carbocycles. The summed E-state index contributed by atoms with van der Waals surface area (Å²) in [7, 11) is 3.50. The number of carbonyl (C=O) groups excluding carboxylic acids is 1. The van der Waals surface area contributed by atoms with Crippen LogP contribution in [0.5, 0.6) is 0 Å². The minimum absolute atomic E-state index is 0.00121. The average molecular weight is 393 g/mol. The fraction of sp³-hybridized carbons (Fsp3) is 0.632. The number of amides is 1. The highest BCUT2D eigenvalue weighted by Gasteiger charge is 2.21. The van der Waals surface area contributed by atoms with Gasteiger partial charge in [0.05, 0.1) is 0 Å². The van der Waals surface area contributed by atoms with Gasteiger partial charge in [-0.2, -0.15) is 11.8 Å². The van der Waals surface area contributed by atoms with Crippen molar-refractivity contribution in [1.82, 2.24) is 20.5 Å². The molecule has 2 N–H and O–H groups in total. The fourth-order valence-electron chi connectivity index (χ4n) is 2.86. The number of thioether (sulfide) groups is 1. The van der Waals surface area contributed by atoms with Crippen molar-refractivity contribution in [3.05, 3.63) is 23.9 Å². The van der Waals surface area contributed by atoms with Gasteiger partial charge in [-0.15, -0.1) is 0 Å². The molecule has 150 valence electrons. The van der Waals surface area contributed by atoms with Crippen molar-refractivity contribution < 1.29 is 4.79 Å². The maximum atomic E-state index is 11.8. The molecule has 1 saturated heterocycles. The predicted molar refractivity (Wildman–Crippen MR) is 115 cm³/mol. The second-order valence-corrected chi connectivity index (χ2v) is 7.90. The number of pyridine rings is 1. The van der Waals surface area contributed by atoms with E-state index in [0.29, 0.717) is 6.04 Å². The lowest BCUT2D eigenvalue weighted by molar-refractivity contribution is -0.127. The lowest BCUT2D eigenvalue weighted by Gasteiger charge is -2.34. The number of aryl methyl sites for hydroxylation is 1. The number of aliphatic imine (C=N–C) groups is 1. The Labute approximate surface area is 167 Å². The van der Waals surface area contributed by atoms with E-state index in [1.807, 2.05) is 13.0 Å². The Bertz CT molecular complexity index is 628. The van der Waals surface area contributed by atoms with Gasteiger partial charge in [-0.05, 0) is 38.2 Å². The first-order chi connectivity index (χ1) is 13.0. The molecular weight excluding hydrogens is 360 g/mol. The molecule has 0 radical (unpaired) electrons. The number of hydrogen-bond acceptors (Lipinski definition) is 5. The third-order valence-corrected chi connectivity index (χ3v) is 5.12. The van der Waals surface area contributed by atoms with E-state index in [9.17, 15) is 4.79 Å². The van der Waals surface area contributed by atoms with Crippen LogP contribution >= 0.6 is 11.8 Å². The van der Waals surface area contributed by atoms with Gasteiger partial charge in [0.15, 0.2) is 5.96 Å². The molecule has 0 spiro atoms. The van der Waals surface area contributed by atoms with Crippen LogP contribution in [-0.4, -0.2) is 80.1 Å². The molecule has 2 rings (SSSR count). The van der Waals surface area contributed by atoms with Crippen molar-refractivity contribution in [2.75, 3.05) is 57.2 Å². The second-order valence-electron chi connectivity index (χ2n) is 6.92. The third-order valence-electron chi connectivity index (χ3n) is 4.50. The standard InChI is InChI=1S/C19H32N6OS/c1-15-6-5-7-17(22-15)25-11-8-16(9-12-25)23-19(20-10-13-27-4)21-14-18(26)24(2)3/h5-7,16H,8-14H2,1-4H3,(H2,20,21,23). The number of nitrogens with one attached hydrogen (secondary N) is 2. The zero-order chi connectivity index (χ0) is 19.6. The normalized spacial score (nSPS) is 15.6. The first kappa shape index (κ1) is 21.3. The highest BCUT2D eigenvalue weighted by Crippen LogP contribution is 2.18. The topological polar surface area (TPSA) is 72.9 Å². The van der Waals surface area contributed by atoms with E-state index in [-0.39, 0.29) is 12.5 Å². The van der Waals surface area contributed by atoms with Gasteiger partial charge in [0.1, 0.15) is 12.4 Å². The highest BCUT2D eigenvalue weighted by atomic mass is 32.2. The smallest absolute Gasteiger partial charge is 0.243 e. The number of nitrogens with zero attached hydrogens (tertiary/aromatic N) is 4. The van der Waals surface area contributed by atoms with Gasteiger partial charge in [-0.1, -0.05) is 6.07 Å². The molecule has 7 nitrogen and oxygen atoms in total. The summed E-state index contributed by atoms with van der Waals surface area (Å²) in [5.74, 6) is 2.78. The molecule has 0 aliphatic carbocycles. The van der Waals surface area contributed by atoms with Crippen LogP contribution in [0.1, 0.15) is 18.5 Å². The Kier molecular flexibility index (Phi) is 8.71. The minimum Gasteiger partial charge on any atom is -0.356 e. The lowest BCUT2D eigenvalue weighted by Crippen LogP contribution is -2.49. The molecule has 1 aromatic rings. The third kappa shape index (κ3) is 7.28. The van der Waals surface area contributed by atoms with Crippen molar-refractivity contribution in [2.24, 2.45) is 4.99 Å². The SMILES string of the molecule is CSCCNC(=NCC(=O)N(C)C)NC1CCN(c2cccc(C)n2)CC1. The molecule has 2 heterocycles. The molecule has 1 aromatic heterocycles. The fourth-order valence-corrected chi connectivity index (χ4v) is 3.17. The quantitative estimate of drug-likeness (QED) is 0.415. The van der Waals surface area contributed by atoms with E-state index in [4.69, 9.17) is 0 Å². The van der Waals surface area contributed by atoms with Gasteiger partial charge in [-0.3, -0.25) is 4.79 Å². The Balaban J connectivity index is 1.89. The predicted octanol–water partition coefficient (Wildman–Crippen LogP) is 1.35. The van der Waals surface area contributed by atoms with Crippen LogP contribution in [0, 0.1) is 6.92 Å². The molecule has 0 unspecified atom stereocenters. The molecule has 1 amide bonds. The van der Waals surface area contributed by atoms with Crippen molar-refractivity contribution in [3.63, 3.8) is 0 Å². The minimum atomic E-state index is 0.00121. The number of hydrogen-bond donors (Lipinski definition) is 2. The zero-order valence-electron chi connectivity index (χ0n) is 16.9. The van der Waals surface area contributed by atoms with E-state index in [1.54, 1.807) is 30.8 Å². The summed E-state index contributed by atoms with van der Waals surface area (Å²) in [6.45, 7) is 4.93. The first-order valence-electron chi connectivity index (χ1n) is 9.42. The van der Waals surface area contributed by atoms with Gasteiger partial charge in [0, 0.05) is 51.2 Å². The van der Waals surface area contributed by atoms with E-state index >= 15 is 0 Å². The van der Waals surface area contributed by atoms with Crippen LogP contribution in [0.2, 0.25) is 0 Å². The summed E-state index contributed by atoms with van der Waals surface area (Å²) in [5.41, 5.74) is 1.05. The Morgan fingerprint density at radius 3 is 2.74 bits per heavy atom. The number of carbonyl (C=O) groups is 1. The zero-order valence-corrected chi connectivity index (χ0v) is 17.7. The molecule has 0 bridgehead atoms. The number of aromatic nitrogens is 1. The number of rotatable bonds is 7. The Morgan fingerprint density at radius 2 is 2.11 bits per heavy atom. The maximum Gasteiger partial charge on any atom is 0.243 e. The van der Waals surface area contributed by atoms with Gasteiger partial charge < -0.3 is 20.4 Å².